The first-order chi connectivity index (χ1) is 14.8. The predicted octanol–water partition coefficient (Wildman–Crippen LogP) is 4.97. The van der Waals surface area contributed by atoms with E-state index in [1.165, 1.54) is 25.3 Å². The van der Waals surface area contributed by atoms with E-state index in [1.807, 2.05) is 0 Å². The number of carbonyl (C=O) groups excluding carboxylic acids is 1. The van der Waals surface area contributed by atoms with E-state index in [4.69, 9.17) is 9.47 Å². The van der Waals surface area contributed by atoms with E-state index in [-0.39, 0.29) is 18.8 Å². The summed E-state index contributed by atoms with van der Waals surface area (Å²) >= 11 is 0. The minimum absolute atomic E-state index is 0.0732. The number of rotatable bonds is 12. The average molecular weight is 445 g/mol. The Hall–Kier alpha value is -1.31. The number of aliphatic hydroxyl groups is 1. The number of halogens is 2. The molecule has 5 atom stereocenters. The number of unbranched alkanes of at least 4 members (excludes halogenated alkanes) is 5. The van der Waals surface area contributed by atoms with Gasteiger partial charge in [0.25, 0.3) is 0 Å². The van der Waals surface area contributed by atoms with Crippen LogP contribution in [-0.2, 0) is 19.0 Å². The Balaban J connectivity index is 1.92. The molecule has 0 amide bonds. The van der Waals surface area contributed by atoms with Gasteiger partial charge in [-0.05, 0) is 31.3 Å². The third-order valence-corrected chi connectivity index (χ3v) is 6.47. The van der Waals surface area contributed by atoms with Crippen LogP contribution < -0.4 is 0 Å². The van der Waals surface area contributed by atoms with Crippen molar-refractivity contribution >= 4 is 5.97 Å². The molecule has 0 aromatic rings. The smallest absolute Gasteiger partial charge is 0.375 e. The molecule has 178 valence electrons. The highest BCUT2D eigenvalue weighted by molar-refractivity contribution is 5.79. The van der Waals surface area contributed by atoms with Crippen LogP contribution in [0.5, 0.6) is 0 Å². The summed E-state index contributed by atoms with van der Waals surface area (Å²) < 4.78 is 45.5. The number of alkyl halides is 2. The van der Waals surface area contributed by atoms with Crippen molar-refractivity contribution < 1.29 is 32.9 Å². The number of allylic oxidation sites excluding steroid dienone is 1. The van der Waals surface area contributed by atoms with E-state index >= 15 is 8.78 Å². The summed E-state index contributed by atoms with van der Waals surface area (Å²) in [6.07, 6.45) is 9.23. The van der Waals surface area contributed by atoms with E-state index in [0.717, 1.165) is 26.4 Å². The van der Waals surface area contributed by atoms with E-state index < -0.39 is 35.6 Å². The van der Waals surface area contributed by atoms with Gasteiger partial charge in [-0.15, -0.1) is 0 Å². The van der Waals surface area contributed by atoms with Gasteiger partial charge in [-0.2, -0.15) is 4.39 Å². The summed E-state index contributed by atoms with van der Waals surface area (Å²) in [7, 11) is 1.07. The topological polar surface area (TPSA) is 65.0 Å². The van der Waals surface area contributed by atoms with E-state index in [9.17, 15) is 9.90 Å². The maximum atomic E-state index is 15.6. The molecule has 1 N–H and O–H groups in total. The van der Waals surface area contributed by atoms with E-state index in [2.05, 4.69) is 18.2 Å². The number of carbonyl (C=O) groups is 1. The zero-order chi connectivity index (χ0) is 22.9. The summed E-state index contributed by atoms with van der Waals surface area (Å²) in [5, 5.41) is 10.3. The summed E-state index contributed by atoms with van der Waals surface area (Å²) in [4.78, 5) is 11.8. The Morgan fingerprint density at radius 3 is 2.65 bits per heavy atom. The second-order valence-corrected chi connectivity index (χ2v) is 8.71. The van der Waals surface area contributed by atoms with Gasteiger partial charge in [0.15, 0.2) is 6.10 Å². The van der Waals surface area contributed by atoms with Gasteiger partial charge in [0.1, 0.15) is 5.67 Å². The van der Waals surface area contributed by atoms with E-state index in [1.54, 1.807) is 6.08 Å². The molecule has 0 radical (unpaired) electrons. The molecular weight excluding hydrogens is 406 g/mol. The van der Waals surface area contributed by atoms with Gasteiger partial charge in [-0.1, -0.05) is 64.2 Å². The minimum atomic E-state index is -2.76. The summed E-state index contributed by atoms with van der Waals surface area (Å²) in [6, 6.07) is 0. The van der Waals surface area contributed by atoms with Crippen LogP contribution in [0.2, 0.25) is 0 Å². The number of aliphatic hydroxyl groups excluding tert-OH is 1. The van der Waals surface area contributed by atoms with Crippen molar-refractivity contribution in [3.63, 3.8) is 0 Å². The lowest BCUT2D eigenvalue weighted by atomic mass is 9.84. The maximum Gasteiger partial charge on any atom is 0.375 e. The lowest BCUT2D eigenvalue weighted by molar-refractivity contribution is -0.257. The van der Waals surface area contributed by atoms with E-state index in [0.29, 0.717) is 25.7 Å². The molecule has 31 heavy (non-hydrogen) atoms. The van der Waals surface area contributed by atoms with Crippen LogP contribution in [0.1, 0.15) is 71.1 Å². The molecule has 1 heterocycles. The molecule has 1 saturated carbocycles. The van der Waals surface area contributed by atoms with Crippen LogP contribution in [-0.4, -0.2) is 55.1 Å². The average Bonchev–Trinajstić information content (AvgIpc) is 3.04. The van der Waals surface area contributed by atoms with Gasteiger partial charge in [0.05, 0.1) is 26.4 Å². The van der Waals surface area contributed by atoms with Crippen molar-refractivity contribution in [2.75, 3.05) is 20.3 Å². The Morgan fingerprint density at radius 2 is 1.94 bits per heavy atom. The first-order valence-corrected chi connectivity index (χ1v) is 11.5. The monoisotopic (exact) mass is 444 g/mol. The largest absolute Gasteiger partial charge is 0.465 e. The molecule has 1 aliphatic carbocycles. The van der Waals surface area contributed by atoms with Crippen LogP contribution in [0.25, 0.3) is 0 Å². The van der Waals surface area contributed by atoms with Gasteiger partial charge in [-0.3, -0.25) is 0 Å². The van der Waals surface area contributed by atoms with Gasteiger partial charge in [-0.25, -0.2) is 9.18 Å². The number of esters is 1. The fraction of sp³-hybridized carbons (Fsp3) is 0.792. The second-order valence-electron chi connectivity index (χ2n) is 8.71. The molecule has 0 aromatic heterocycles. The lowest BCUT2D eigenvalue weighted by Crippen LogP contribution is -2.54. The number of hydrogen-bond donors (Lipinski definition) is 1. The summed E-state index contributed by atoms with van der Waals surface area (Å²) in [6.45, 7) is 6.01. The molecule has 2 unspecified atom stereocenters. The fourth-order valence-corrected chi connectivity index (χ4v) is 4.64. The first-order valence-electron chi connectivity index (χ1n) is 11.5. The highest BCUT2D eigenvalue weighted by Gasteiger charge is 2.53. The molecule has 1 aliphatic heterocycles. The zero-order valence-electron chi connectivity index (χ0n) is 18.9. The third-order valence-electron chi connectivity index (χ3n) is 6.47. The summed E-state index contributed by atoms with van der Waals surface area (Å²) in [5.41, 5.74) is -1.20. The number of ether oxygens (including phenoxy) is 3. The molecule has 0 bridgehead atoms. The predicted molar refractivity (Wildman–Crippen MR) is 115 cm³/mol. The van der Waals surface area contributed by atoms with Crippen LogP contribution in [0.4, 0.5) is 8.78 Å². The number of methoxy groups -OCH3 is 1. The van der Waals surface area contributed by atoms with Gasteiger partial charge >= 0.3 is 11.8 Å². The molecule has 1 saturated heterocycles. The lowest BCUT2D eigenvalue weighted by Gasteiger charge is -2.35. The molecule has 5 nitrogen and oxygen atoms in total. The summed E-state index contributed by atoms with van der Waals surface area (Å²) in [5.74, 6) is -4.45. The fourth-order valence-electron chi connectivity index (χ4n) is 4.64. The normalized spacial score (nSPS) is 33.6. The second kappa shape index (κ2) is 12.1. The van der Waals surface area contributed by atoms with Crippen LogP contribution in [0.15, 0.2) is 24.3 Å². The highest BCUT2D eigenvalue weighted by atomic mass is 19.2. The maximum absolute atomic E-state index is 15.6. The highest BCUT2D eigenvalue weighted by Crippen LogP contribution is 2.45. The standard InChI is InChI=1S/C24H38F2O5/c1-4-5-6-7-8-9-14-23(25)15-13-20(27)19(23)12-10-11-18(2)21-24(26,22(28)29-3)31-17-16-30-21/h10-11,19-21,27H,2,4-9,12-17H2,1,3H3/t19-,20-,21?,23+,24?/m0/s1. The number of hydrogen-bond acceptors (Lipinski definition) is 5. The van der Waals surface area contributed by atoms with Crippen LogP contribution in [0.3, 0.4) is 0 Å². The van der Waals surface area contributed by atoms with Crippen molar-refractivity contribution in [3.05, 3.63) is 24.3 Å². The van der Waals surface area contributed by atoms with Crippen molar-refractivity contribution in [3.8, 4) is 0 Å². The van der Waals surface area contributed by atoms with Crippen LogP contribution >= 0.6 is 0 Å². The molecule has 2 aliphatic rings. The molecule has 0 spiro atoms. The molecule has 0 aromatic carbocycles. The third kappa shape index (κ3) is 6.59. The quantitative estimate of drug-likeness (QED) is 0.261. The molecular formula is C24H38F2O5. The van der Waals surface area contributed by atoms with Gasteiger partial charge < -0.3 is 19.3 Å². The van der Waals surface area contributed by atoms with Crippen molar-refractivity contribution in [2.24, 2.45) is 5.92 Å². The van der Waals surface area contributed by atoms with Crippen molar-refractivity contribution in [1.82, 2.24) is 0 Å². The molecule has 2 fully saturated rings. The Bertz CT molecular complexity index is 625. The first kappa shape index (κ1) is 25.9. The SMILES string of the molecule is C=C(C=CC[C@H]1[C@@H](O)CC[C@]1(F)CCCCCCCC)C1OCCOC1(F)C(=O)OC. The minimum Gasteiger partial charge on any atom is -0.465 e. The molecule has 2 rings (SSSR count). The van der Waals surface area contributed by atoms with Gasteiger partial charge in [0, 0.05) is 5.92 Å². The Morgan fingerprint density at radius 1 is 1.23 bits per heavy atom. The zero-order valence-corrected chi connectivity index (χ0v) is 18.9. The molecule has 7 heteroatoms. The van der Waals surface area contributed by atoms with Crippen LogP contribution in [0, 0.1) is 5.92 Å². The Kier molecular flexibility index (Phi) is 10.1. The van der Waals surface area contributed by atoms with Gasteiger partial charge in [0.2, 0.25) is 0 Å². The van der Waals surface area contributed by atoms with Crippen molar-refractivity contribution in [2.45, 2.75) is 94.9 Å². The van der Waals surface area contributed by atoms with Crippen molar-refractivity contribution in [1.29, 1.82) is 0 Å². The Labute approximate surface area is 184 Å².